The molecule has 0 aliphatic heterocycles. The van der Waals surface area contributed by atoms with E-state index in [2.05, 4.69) is 10.3 Å². The Morgan fingerprint density at radius 3 is 2.59 bits per heavy atom. The number of benzene rings is 3. The molecule has 1 aromatic heterocycles. The third-order valence-electron chi connectivity index (χ3n) is 4.50. The molecule has 0 atom stereocenters. The van der Waals surface area contributed by atoms with Gasteiger partial charge in [0.05, 0.1) is 20.6 Å². The van der Waals surface area contributed by atoms with Gasteiger partial charge in [0, 0.05) is 11.3 Å². The maximum Gasteiger partial charge on any atom is 0.228 e. The Kier molecular flexibility index (Phi) is 5.16. The van der Waals surface area contributed by atoms with Gasteiger partial charge in [-0.3, -0.25) is 4.79 Å². The Hall–Kier alpha value is -3.80. The molecule has 1 amide bonds. The summed E-state index contributed by atoms with van der Waals surface area (Å²) in [5.74, 6) is 1.60. The van der Waals surface area contributed by atoms with Crippen LogP contribution in [0.5, 0.6) is 11.5 Å². The molecule has 0 spiro atoms. The van der Waals surface area contributed by atoms with Crippen molar-refractivity contribution in [3.8, 4) is 23.0 Å². The molecule has 146 valence electrons. The number of para-hydroxylation sites is 2. The van der Waals surface area contributed by atoms with Gasteiger partial charge in [0.2, 0.25) is 11.8 Å². The van der Waals surface area contributed by atoms with Gasteiger partial charge in [-0.05, 0) is 48.0 Å². The molecular weight excluding hydrogens is 368 g/mol. The number of fused-ring (bicyclic) bond motifs is 1. The van der Waals surface area contributed by atoms with Crippen molar-refractivity contribution in [2.24, 2.45) is 0 Å². The standard InChI is InChI=1S/C23H20N2O4/c1-27-20-11-10-15(12-21(20)28-2)13-22(26)24-17-7-5-6-16(14-17)23-25-18-8-3-4-9-19(18)29-23/h3-12,14H,13H2,1-2H3,(H,24,26). The fourth-order valence-corrected chi connectivity index (χ4v) is 3.11. The van der Waals surface area contributed by atoms with Crippen molar-refractivity contribution in [2.45, 2.75) is 6.42 Å². The topological polar surface area (TPSA) is 73.6 Å². The fraction of sp³-hybridized carbons (Fsp3) is 0.130. The molecule has 0 saturated carbocycles. The lowest BCUT2D eigenvalue weighted by Gasteiger charge is -2.10. The van der Waals surface area contributed by atoms with Crippen LogP contribution in [-0.4, -0.2) is 25.1 Å². The molecule has 1 heterocycles. The summed E-state index contributed by atoms with van der Waals surface area (Å²) >= 11 is 0. The number of nitrogens with zero attached hydrogens (tertiary/aromatic N) is 1. The highest BCUT2D eigenvalue weighted by atomic mass is 16.5. The molecule has 0 radical (unpaired) electrons. The van der Waals surface area contributed by atoms with Crippen molar-refractivity contribution < 1.29 is 18.7 Å². The highest BCUT2D eigenvalue weighted by Gasteiger charge is 2.11. The van der Waals surface area contributed by atoms with Gasteiger partial charge in [0.25, 0.3) is 0 Å². The number of amides is 1. The summed E-state index contributed by atoms with van der Waals surface area (Å²) in [7, 11) is 3.15. The van der Waals surface area contributed by atoms with Crippen LogP contribution in [-0.2, 0) is 11.2 Å². The van der Waals surface area contributed by atoms with E-state index in [1.807, 2.05) is 54.6 Å². The molecule has 29 heavy (non-hydrogen) atoms. The van der Waals surface area contributed by atoms with Crippen molar-refractivity contribution in [3.63, 3.8) is 0 Å². The van der Waals surface area contributed by atoms with Crippen LogP contribution in [0.1, 0.15) is 5.56 Å². The smallest absolute Gasteiger partial charge is 0.228 e. The Morgan fingerprint density at radius 1 is 0.966 bits per heavy atom. The predicted molar refractivity (Wildman–Crippen MR) is 111 cm³/mol. The number of rotatable bonds is 6. The van der Waals surface area contributed by atoms with E-state index in [1.165, 1.54) is 0 Å². The molecule has 4 rings (SSSR count). The molecule has 0 aliphatic carbocycles. The van der Waals surface area contributed by atoms with Crippen molar-refractivity contribution in [1.29, 1.82) is 0 Å². The van der Waals surface area contributed by atoms with Crippen molar-refractivity contribution in [1.82, 2.24) is 4.98 Å². The summed E-state index contributed by atoms with van der Waals surface area (Å²) in [6.45, 7) is 0. The molecule has 4 aromatic rings. The van der Waals surface area contributed by atoms with E-state index in [0.717, 1.165) is 22.2 Å². The van der Waals surface area contributed by atoms with E-state index in [1.54, 1.807) is 26.4 Å². The number of nitrogens with one attached hydrogen (secondary N) is 1. The van der Waals surface area contributed by atoms with Crippen LogP contribution in [0.4, 0.5) is 5.69 Å². The number of carbonyl (C=O) groups excluding carboxylic acids is 1. The minimum Gasteiger partial charge on any atom is -0.493 e. The minimum absolute atomic E-state index is 0.132. The first-order chi connectivity index (χ1) is 14.2. The molecule has 0 unspecified atom stereocenters. The van der Waals surface area contributed by atoms with Crippen LogP contribution in [0.3, 0.4) is 0 Å². The Bertz CT molecular complexity index is 1130. The van der Waals surface area contributed by atoms with Crippen LogP contribution < -0.4 is 14.8 Å². The molecular formula is C23H20N2O4. The molecule has 0 saturated heterocycles. The van der Waals surface area contributed by atoms with Crippen LogP contribution in [0.25, 0.3) is 22.6 Å². The number of ether oxygens (including phenoxy) is 2. The SMILES string of the molecule is COc1ccc(CC(=O)Nc2cccc(-c3nc4ccccc4o3)c2)cc1OC. The van der Waals surface area contributed by atoms with E-state index in [4.69, 9.17) is 13.9 Å². The predicted octanol–water partition coefficient (Wildman–Crippen LogP) is 4.69. The number of oxazole rings is 1. The first-order valence-corrected chi connectivity index (χ1v) is 9.13. The fourth-order valence-electron chi connectivity index (χ4n) is 3.11. The molecule has 1 N–H and O–H groups in total. The number of carbonyl (C=O) groups is 1. The number of methoxy groups -OCH3 is 2. The Morgan fingerprint density at radius 2 is 1.79 bits per heavy atom. The first-order valence-electron chi connectivity index (χ1n) is 9.13. The monoisotopic (exact) mass is 388 g/mol. The maximum absolute atomic E-state index is 12.5. The van der Waals surface area contributed by atoms with E-state index >= 15 is 0 Å². The van der Waals surface area contributed by atoms with Crippen molar-refractivity contribution in [3.05, 3.63) is 72.3 Å². The lowest BCUT2D eigenvalue weighted by Crippen LogP contribution is -2.14. The number of hydrogen-bond acceptors (Lipinski definition) is 5. The second-order valence-electron chi connectivity index (χ2n) is 6.48. The van der Waals surface area contributed by atoms with E-state index in [-0.39, 0.29) is 12.3 Å². The Balaban J connectivity index is 1.49. The van der Waals surface area contributed by atoms with Gasteiger partial charge in [-0.25, -0.2) is 4.98 Å². The van der Waals surface area contributed by atoms with Crippen LogP contribution in [0.2, 0.25) is 0 Å². The molecule has 3 aromatic carbocycles. The van der Waals surface area contributed by atoms with Gasteiger partial charge >= 0.3 is 0 Å². The molecule has 6 heteroatoms. The highest BCUT2D eigenvalue weighted by Crippen LogP contribution is 2.28. The molecule has 0 aliphatic rings. The summed E-state index contributed by atoms with van der Waals surface area (Å²) in [5, 5.41) is 2.92. The van der Waals surface area contributed by atoms with E-state index in [9.17, 15) is 4.79 Å². The first kappa shape index (κ1) is 18.6. The summed E-state index contributed by atoms with van der Waals surface area (Å²) in [6, 6.07) is 20.5. The quantitative estimate of drug-likeness (QED) is 0.519. The second kappa shape index (κ2) is 8.06. The number of hydrogen-bond donors (Lipinski definition) is 1. The number of aromatic nitrogens is 1. The lowest BCUT2D eigenvalue weighted by atomic mass is 10.1. The summed E-state index contributed by atoms with van der Waals surface area (Å²) in [5.41, 5.74) is 3.83. The van der Waals surface area contributed by atoms with Crippen LogP contribution in [0.15, 0.2) is 71.1 Å². The Labute approximate surface area is 168 Å². The molecule has 0 fully saturated rings. The van der Waals surface area contributed by atoms with Crippen LogP contribution >= 0.6 is 0 Å². The third kappa shape index (κ3) is 4.06. The lowest BCUT2D eigenvalue weighted by molar-refractivity contribution is -0.115. The van der Waals surface area contributed by atoms with Gasteiger partial charge in [-0.2, -0.15) is 0 Å². The maximum atomic E-state index is 12.5. The summed E-state index contributed by atoms with van der Waals surface area (Å²) in [6.07, 6.45) is 0.216. The largest absolute Gasteiger partial charge is 0.493 e. The average Bonchev–Trinajstić information content (AvgIpc) is 3.18. The summed E-state index contributed by atoms with van der Waals surface area (Å²) < 4.78 is 16.3. The zero-order valence-electron chi connectivity index (χ0n) is 16.1. The van der Waals surface area contributed by atoms with Gasteiger partial charge in [0.15, 0.2) is 17.1 Å². The third-order valence-corrected chi connectivity index (χ3v) is 4.50. The normalized spacial score (nSPS) is 10.7. The van der Waals surface area contributed by atoms with E-state index in [0.29, 0.717) is 23.1 Å². The second-order valence-corrected chi connectivity index (χ2v) is 6.48. The van der Waals surface area contributed by atoms with Crippen LogP contribution in [0, 0.1) is 0 Å². The van der Waals surface area contributed by atoms with Crippen molar-refractivity contribution >= 4 is 22.7 Å². The zero-order chi connectivity index (χ0) is 20.2. The van der Waals surface area contributed by atoms with Gasteiger partial charge in [-0.1, -0.05) is 24.3 Å². The van der Waals surface area contributed by atoms with Gasteiger partial charge < -0.3 is 19.2 Å². The highest BCUT2D eigenvalue weighted by molar-refractivity contribution is 5.93. The summed E-state index contributed by atoms with van der Waals surface area (Å²) in [4.78, 5) is 17.0. The number of anilines is 1. The van der Waals surface area contributed by atoms with Gasteiger partial charge in [0.1, 0.15) is 5.52 Å². The molecule has 0 bridgehead atoms. The zero-order valence-corrected chi connectivity index (χ0v) is 16.1. The molecule has 6 nitrogen and oxygen atoms in total. The van der Waals surface area contributed by atoms with Gasteiger partial charge in [-0.15, -0.1) is 0 Å². The van der Waals surface area contributed by atoms with Crippen molar-refractivity contribution in [2.75, 3.05) is 19.5 Å². The minimum atomic E-state index is -0.132. The average molecular weight is 388 g/mol. The van der Waals surface area contributed by atoms with E-state index < -0.39 is 0 Å².